The first kappa shape index (κ1) is 24.9. The largest absolute Gasteiger partial charge is 0.497 e. The fraction of sp³-hybridized carbons (Fsp3) is 0.500. The van der Waals surface area contributed by atoms with Gasteiger partial charge in [0.2, 0.25) is 5.91 Å². The smallest absolute Gasteiger partial charge is 0.263 e. The topological polar surface area (TPSA) is 68.3 Å². The number of nitrogens with zero attached hydrogens (tertiary/aromatic N) is 2. The van der Waals surface area contributed by atoms with Gasteiger partial charge in [-0.15, -0.1) is 0 Å². The van der Waals surface area contributed by atoms with Crippen LogP contribution in [-0.4, -0.2) is 67.6 Å². The van der Waals surface area contributed by atoms with Crippen LogP contribution in [0.2, 0.25) is 0 Å². The van der Waals surface area contributed by atoms with Crippen LogP contribution >= 0.6 is 0 Å². The van der Waals surface area contributed by atoms with E-state index < -0.39 is 6.10 Å². The van der Waals surface area contributed by atoms with Crippen LogP contribution in [0.5, 0.6) is 17.2 Å². The summed E-state index contributed by atoms with van der Waals surface area (Å²) in [5.41, 5.74) is 0.114. The van der Waals surface area contributed by atoms with Gasteiger partial charge >= 0.3 is 0 Å². The molecule has 2 amide bonds. The van der Waals surface area contributed by atoms with E-state index in [-0.39, 0.29) is 17.2 Å². The van der Waals surface area contributed by atoms with Gasteiger partial charge in [0.05, 0.1) is 13.7 Å². The van der Waals surface area contributed by atoms with Crippen molar-refractivity contribution in [1.29, 1.82) is 0 Å². The number of methoxy groups -OCH3 is 1. The van der Waals surface area contributed by atoms with Crippen LogP contribution in [0, 0.1) is 5.41 Å². The van der Waals surface area contributed by atoms with Gasteiger partial charge in [-0.05, 0) is 74.4 Å². The van der Waals surface area contributed by atoms with Gasteiger partial charge in [-0.25, -0.2) is 0 Å². The first-order valence-electron chi connectivity index (χ1n) is 12.5. The molecule has 1 atom stereocenters. The van der Waals surface area contributed by atoms with Crippen LogP contribution in [0.1, 0.15) is 39.0 Å². The molecule has 2 aliphatic rings. The van der Waals surface area contributed by atoms with Crippen LogP contribution in [0.25, 0.3) is 0 Å². The minimum absolute atomic E-state index is 0.0228. The minimum atomic E-state index is -0.543. The summed E-state index contributed by atoms with van der Waals surface area (Å²) in [7, 11) is 1.62. The molecule has 4 rings (SSSR count). The number of carbonyl (C=O) groups excluding carboxylic acids is 2. The quantitative estimate of drug-likeness (QED) is 0.504. The fourth-order valence-corrected chi connectivity index (χ4v) is 5.02. The molecule has 2 aromatic carbocycles. The van der Waals surface area contributed by atoms with E-state index in [1.807, 2.05) is 64.4 Å². The van der Waals surface area contributed by atoms with E-state index in [0.29, 0.717) is 25.2 Å². The average Bonchev–Trinajstić information content (AvgIpc) is 3.30. The highest BCUT2D eigenvalue weighted by atomic mass is 16.5. The summed E-state index contributed by atoms with van der Waals surface area (Å²) in [5.74, 6) is 2.46. The van der Waals surface area contributed by atoms with Crippen LogP contribution in [0.4, 0.5) is 0 Å². The highest BCUT2D eigenvalue weighted by Crippen LogP contribution is 2.40. The second kappa shape index (κ2) is 11.5. The van der Waals surface area contributed by atoms with Gasteiger partial charge in [0, 0.05) is 32.6 Å². The van der Waals surface area contributed by atoms with Crippen molar-refractivity contribution in [2.75, 3.05) is 39.9 Å². The van der Waals surface area contributed by atoms with E-state index in [1.165, 1.54) is 0 Å². The summed E-state index contributed by atoms with van der Waals surface area (Å²) in [5, 5.41) is 0. The Labute approximate surface area is 207 Å². The SMILES string of the molecule is COc1ccc(OC(C)C(=O)N2CCC3(CCN(C(=O)CCCOc4ccccc4)CC3)C2)cc1. The van der Waals surface area contributed by atoms with E-state index in [2.05, 4.69) is 0 Å². The second-order valence-corrected chi connectivity index (χ2v) is 9.59. The monoisotopic (exact) mass is 480 g/mol. The molecule has 35 heavy (non-hydrogen) atoms. The molecule has 2 heterocycles. The molecule has 2 aromatic rings. The molecule has 0 N–H and O–H groups in total. The third-order valence-corrected chi connectivity index (χ3v) is 7.19. The Morgan fingerprint density at radius 1 is 0.886 bits per heavy atom. The number of hydrogen-bond donors (Lipinski definition) is 0. The maximum atomic E-state index is 13.0. The van der Waals surface area contributed by atoms with Gasteiger partial charge in [-0.2, -0.15) is 0 Å². The first-order chi connectivity index (χ1) is 17.0. The van der Waals surface area contributed by atoms with Crippen molar-refractivity contribution >= 4 is 11.8 Å². The van der Waals surface area contributed by atoms with Gasteiger partial charge in [0.1, 0.15) is 17.2 Å². The molecule has 2 saturated heterocycles. The van der Waals surface area contributed by atoms with E-state index >= 15 is 0 Å². The molecule has 7 nitrogen and oxygen atoms in total. The van der Waals surface area contributed by atoms with E-state index in [4.69, 9.17) is 14.2 Å². The molecule has 7 heteroatoms. The van der Waals surface area contributed by atoms with E-state index in [9.17, 15) is 9.59 Å². The molecule has 1 unspecified atom stereocenters. The Hall–Kier alpha value is -3.22. The third-order valence-electron chi connectivity index (χ3n) is 7.19. The van der Waals surface area contributed by atoms with Crippen molar-refractivity contribution in [2.45, 2.75) is 45.1 Å². The fourth-order valence-electron chi connectivity index (χ4n) is 5.02. The maximum absolute atomic E-state index is 13.0. The lowest BCUT2D eigenvalue weighted by Crippen LogP contribution is -2.45. The van der Waals surface area contributed by atoms with Crippen molar-refractivity contribution in [3.05, 3.63) is 54.6 Å². The standard InChI is InChI=1S/C28H36N2O5/c1-22(35-25-12-10-23(33-2)11-13-25)27(32)30-19-16-28(21-30)14-17-29(18-15-28)26(31)9-6-20-34-24-7-4-3-5-8-24/h3-5,7-8,10-13,22H,6,9,14-21H2,1-2H3. The number of ether oxygens (including phenoxy) is 3. The highest BCUT2D eigenvalue weighted by molar-refractivity contribution is 5.81. The predicted molar refractivity (Wildman–Crippen MR) is 134 cm³/mol. The predicted octanol–water partition coefficient (Wildman–Crippen LogP) is 4.16. The zero-order chi connectivity index (χ0) is 24.7. The molecule has 0 saturated carbocycles. The lowest BCUT2D eigenvalue weighted by molar-refractivity contribution is -0.138. The van der Waals surface area contributed by atoms with Crippen molar-refractivity contribution in [2.24, 2.45) is 5.41 Å². The Morgan fingerprint density at radius 3 is 2.17 bits per heavy atom. The number of likely N-dealkylation sites (tertiary alicyclic amines) is 2. The zero-order valence-corrected chi connectivity index (χ0v) is 20.8. The van der Waals surface area contributed by atoms with Crippen LogP contribution in [0.3, 0.4) is 0 Å². The number of benzene rings is 2. The Bertz CT molecular complexity index is 971. The van der Waals surface area contributed by atoms with Crippen LogP contribution < -0.4 is 14.2 Å². The summed E-state index contributed by atoms with van der Waals surface area (Å²) in [6.45, 7) is 5.37. The highest BCUT2D eigenvalue weighted by Gasteiger charge is 2.43. The third kappa shape index (κ3) is 6.47. The normalized spacial score (nSPS) is 17.8. The van der Waals surface area contributed by atoms with Crippen molar-refractivity contribution in [1.82, 2.24) is 9.80 Å². The van der Waals surface area contributed by atoms with Gasteiger partial charge in [-0.1, -0.05) is 18.2 Å². The van der Waals surface area contributed by atoms with Gasteiger partial charge in [0.15, 0.2) is 6.10 Å². The number of para-hydroxylation sites is 1. The Balaban J connectivity index is 1.18. The van der Waals surface area contributed by atoms with Gasteiger partial charge < -0.3 is 24.0 Å². The molecule has 0 bridgehead atoms. The number of carbonyl (C=O) groups is 2. The van der Waals surface area contributed by atoms with Crippen molar-refractivity contribution in [3.8, 4) is 17.2 Å². The number of piperidine rings is 1. The first-order valence-corrected chi connectivity index (χ1v) is 12.5. The lowest BCUT2D eigenvalue weighted by Gasteiger charge is -2.39. The summed E-state index contributed by atoms with van der Waals surface area (Å²) in [6.07, 6.45) is 3.54. The molecule has 0 aromatic heterocycles. The maximum Gasteiger partial charge on any atom is 0.263 e. The van der Waals surface area contributed by atoms with Gasteiger partial charge in [-0.3, -0.25) is 9.59 Å². The summed E-state index contributed by atoms with van der Waals surface area (Å²) < 4.78 is 16.7. The zero-order valence-electron chi connectivity index (χ0n) is 20.8. The van der Waals surface area contributed by atoms with Gasteiger partial charge in [0.25, 0.3) is 5.91 Å². The molecule has 188 valence electrons. The minimum Gasteiger partial charge on any atom is -0.497 e. The van der Waals surface area contributed by atoms with Crippen LogP contribution in [-0.2, 0) is 9.59 Å². The lowest BCUT2D eigenvalue weighted by atomic mass is 9.77. The Morgan fingerprint density at radius 2 is 1.51 bits per heavy atom. The number of hydrogen-bond acceptors (Lipinski definition) is 5. The van der Waals surface area contributed by atoms with Crippen molar-refractivity contribution in [3.63, 3.8) is 0 Å². The molecule has 2 fully saturated rings. The molecule has 1 spiro atoms. The van der Waals surface area contributed by atoms with Crippen molar-refractivity contribution < 1.29 is 23.8 Å². The number of amides is 2. The summed E-state index contributed by atoms with van der Waals surface area (Å²) >= 11 is 0. The molecule has 0 aliphatic carbocycles. The molecular formula is C28H36N2O5. The van der Waals surface area contributed by atoms with Crippen LogP contribution in [0.15, 0.2) is 54.6 Å². The second-order valence-electron chi connectivity index (χ2n) is 9.59. The molecule has 0 radical (unpaired) electrons. The van der Waals surface area contributed by atoms with E-state index in [1.54, 1.807) is 14.0 Å². The Kier molecular flexibility index (Phi) is 8.16. The average molecular weight is 481 g/mol. The van der Waals surface area contributed by atoms with E-state index in [0.717, 1.165) is 56.9 Å². The number of rotatable bonds is 9. The molecule has 2 aliphatic heterocycles. The molecular weight excluding hydrogens is 444 g/mol. The summed E-state index contributed by atoms with van der Waals surface area (Å²) in [6, 6.07) is 17.0. The summed E-state index contributed by atoms with van der Waals surface area (Å²) in [4.78, 5) is 29.6.